The quantitative estimate of drug-likeness (QED) is 0.511. The van der Waals surface area contributed by atoms with Gasteiger partial charge in [0.1, 0.15) is 0 Å². The van der Waals surface area contributed by atoms with Crippen LogP contribution in [0, 0.1) is 5.41 Å². The first-order valence-electron chi connectivity index (χ1n) is 5.52. The predicted octanol–water partition coefficient (Wildman–Crippen LogP) is 4.23. The lowest BCUT2D eigenvalue weighted by Crippen LogP contribution is -2.39. The fourth-order valence-corrected chi connectivity index (χ4v) is 6.27. The molecule has 1 heteroatoms. The van der Waals surface area contributed by atoms with E-state index < -0.39 is 0 Å². The number of hydrogen-bond donors (Lipinski definition) is 0. The van der Waals surface area contributed by atoms with Gasteiger partial charge in [-0.2, -0.15) is 0 Å². The zero-order valence-corrected chi connectivity index (χ0v) is 10.7. The SMILES string of the molecule is CP1C(C)(C)CC2(CC2)CC1(C)C. The van der Waals surface area contributed by atoms with Gasteiger partial charge < -0.3 is 0 Å². The highest BCUT2D eigenvalue weighted by Crippen LogP contribution is 2.73. The minimum atomic E-state index is 0.203. The Hall–Kier alpha value is 0.430. The van der Waals surface area contributed by atoms with Gasteiger partial charge in [-0.25, -0.2) is 0 Å². The normalized spacial score (nSPS) is 34.8. The highest BCUT2D eigenvalue weighted by atomic mass is 31.1. The summed E-state index contributed by atoms with van der Waals surface area (Å²) in [7, 11) is 0.203. The Balaban J connectivity index is 2.25. The summed E-state index contributed by atoms with van der Waals surface area (Å²) >= 11 is 0. The van der Waals surface area contributed by atoms with Crippen LogP contribution in [0.4, 0.5) is 0 Å². The molecule has 76 valence electrons. The van der Waals surface area contributed by atoms with Crippen LogP contribution in [0.25, 0.3) is 0 Å². The van der Waals surface area contributed by atoms with E-state index in [1.807, 2.05) is 0 Å². The van der Waals surface area contributed by atoms with Crippen LogP contribution in [-0.2, 0) is 0 Å². The summed E-state index contributed by atoms with van der Waals surface area (Å²) in [6.07, 6.45) is 6.04. The number of rotatable bonds is 0. The molecule has 1 saturated heterocycles. The summed E-state index contributed by atoms with van der Waals surface area (Å²) in [5.74, 6) is 0. The van der Waals surface area contributed by atoms with Crippen molar-refractivity contribution in [2.75, 3.05) is 6.66 Å². The molecule has 0 aromatic rings. The van der Waals surface area contributed by atoms with E-state index in [9.17, 15) is 0 Å². The molecule has 1 aliphatic carbocycles. The summed E-state index contributed by atoms with van der Waals surface area (Å²) in [5, 5.41) is 1.27. The first-order valence-corrected chi connectivity index (χ1v) is 7.30. The standard InChI is InChI=1S/C12H23P/c1-10(2)8-12(6-7-12)9-11(3,4)13(10)5/h6-9H2,1-5H3. The van der Waals surface area contributed by atoms with Crippen LogP contribution in [0.15, 0.2) is 0 Å². The molecular formula is C12H23P. The van der Waals surface area contributed by atoms with Gasteiger partial charge in [0, 0.05) is 0 Å². The lowest BCUT2D eigenvalue weighted by Gasteiger charge is -2.52. The lowest BCUT2D eigenvalue weighted by atomic mass is 9.84. The Bertz CT molecular complexity index is 203. The van der Waals surface area contributed by atoms with Crippen molar-refractivity contribution in [1.82, 2.24) is 0 Å². The largest absolute Gasteiger partial charge is 0.0982 e. The molecule has 0 nitrogen and oxygen atoms in total. The smallest absolute Gasteiger partial charge is 0.0143 e. The van der Waals surface area contributed by atoms with Gasteiger partial charge in [0.15, 0.2) is 0 Å². The van der Waals surface area contributed by atoms with Gasteiger partial charge in [-0.3, -0.25) is 0 Å². The fraction of sp³-hybridized carbons (Fsp3) is 1.00. The van der Waals surface area contributed by atoms with E-state index in [-0.39, 0.29) is 7.92 Å². The first kappa shape index (κ1) is 9.97. The zero-order valence-electron chi connectivity index (χ0n) is 9.78. The van der Waals surface area contributed by atoms with Crippen molar-refractivity contribution in [3.05, 3.63) is 0 Å². The lowest BCUT2D eigenvalue weighted by molar-refractivity contribution is 0.316. The Morgan fingerprint density at radius 3 is 1.54 bits per heavy atom. The van der Waals surface area contributed by atoms with Crippen molar-refractivity contribution >= 4 is 7.92 Å². The Morgan fingerprint density at radius 2 is 1.23 bits per heavy atom. The maximum atomic E-state index is 2.52. The maximum absolute atomic E-state index is 2.52. The van der Waals surface area contributed by atoms with E-state index in [0.29, 0.717) is 10.3 Å². The highest BCUT2D eigenvalue weighted by Gasteiger charge is 2.56. The van der Waals surface area contributed by atoms with Crippen molar-refractivity contribution in [1.29, 1.82) is 0 Å². The average Bonchev–Trinajstić information content (AvgIpc) is 2.62. The van der Waals surface area contributed by atoms with E-state index in [0.717, 1.165) is 5.41 Å². The van der Waals surface area contributed by atoms with Gasteiger partial charge in [0.05, 0.1) is 0 Å². The Morgan fingerprint density at radius 1 is 0.846 bits per heavy atom. The number of hydrogen-bond acceptors (Lipinski definition) is 0. The Kier molecular flexibility index (Phi) is 1.92. The molecule has 2 aliphatic rings. The van der Waals surface area contributed by atoms with E-state index >= 15 is 0 Å². The van der Waals surface area contributed by atoms with Crippen molar-refractivity contribution in [3.63, 3.8) is 0 Å². The maximum Gasteiger partial charge on any atom is -0.0143 e. The van der Waals surface area contributed by atoms with Crippen LogP contribution >= 0.6 is 7.92 Å². The average molecular weight is 198 g/mol. The highest BCUT2D eigenvalue weighted by molar-refractivity contribution is 7.60. The predicted molar refractivity (Wildman–Crippen MR) is 61.9 cm³/mol. The summed E-state index contributed by atoms with van der Waals surface area (Å²) in [5.41, 5.74) is 0.793. The summed E-state index contributed by atoms with van der Waals surface area (Å²) in [4.78, 5) is 0. The summed E-state index contributed by atoms with van der Waals surface area (Å²) in [6, 6.07) is 0. The molecule has 2 fully saturated rings. The molecule has 0 N–H and O–H groups in total. The van der Waals surface area contributed by atoms with Gasteiger partial charge in [-0.15, -0.1) is 0 Å². The molecule has 0 bridgehead atoms. The van der Waals surface area contributed by atoms with Gasteiger partial charge in [-0.1, -0.05) is 35.6 Å². The first-order chi connectivity index (χ1) is 5.78. The molecule has 0 radical (unpaired) electrons. The minimum Gasteiger partial charge on any atom is -0.0982 e. The van der Waals surface area contributed by atoms with E-state index in [4.69, 9.17) is 0 Å². The van der Waals surface area contributed by atoms with Gasteiger partial charge >= 0.3 is 0 Å². The van der Waals surface area contributed by atoms with Crippen molar-refractivity contribution in [2.45, 2.75) is 63.7 Å². The third kappa shape index (κ3) is 1.56. The molecular weight excluding hydrogens is 175 g/mol. The molecule has 0 aromatic carbocycles. The van der Waals surface area contributed by atoms with Crippen LogP contribution in [0.1, 0.15) is 53.4 Å². The second-order valence-corrected chi connectivity index (χ2v) is 10.1. The molecule has 1 spiro atoms. The molecule has 0 unspecified atom stereocenters. The molecule has 2 rings (SSSR count). The molecule has 1 saturated carbocycles. The second-order valence-electron chi connectivity index (χ2n) is 6.54. The zero-order chi connectivity index (χ0) is 9.91. The van der Waals surface area contributed by atoms with Crippen LogP contribution in [0.5, 0.6) is 0 Å². The fourth-order valence-electron chi connectivity index (χ4n) is 3.48. The van der Waals surface area contributed by atoms with Gasteiger partial charge in [0.25, 0.3) is 0 Å². The molecule has 1 heterocycles. The van der Waals surface area contributed by atoms with E-state index in [1.165, 1.54) is 25.7 Å². The monoisotopic (exact) mass is 198 g/mol. The van der Waals surface area contributed by atoms with E-state index in [2.05, 4.69) is 34.4 Å². The third-order valence-corrected chi connectivity index (χ3v) is 8.34. The van der Waals surface area contributed by atoms with Crippen molar-refractivity contribution in [3.8, 4) is 0 Å². The van der Waals surface area contributed by atoms with Gasteiger partial charge in [0.2, 0.25) is 0 Å². The minimum absolute atomic E-state index is 0.203. The van der Waals surface area contributed by atoms with Crippen molar-refractivity contribution in [2.24, 2.45) is 5.41 Å². The molecule has 0 aromatic heterocycles. The molecule has 0 atom stereocenters. The third-order valence-electron chi connectivity index (χ3n) is 4.39. The van der Waals surface area contributed by atoms with E-state index in [1.54, 1.807) is 0 Å². The van der Waals surface area contributed by atoms with Crippen LogP contribution < -0.4 is 0 Å². The van der Waals surface area contributed by atoms with Crippen LogP contribution in [0.2, 0.25) is 0 Å². The van der Waals surface area contributed by atoms with Crippen LogP contribution in [-0.4, -0.2) is 17.0 Å². The molecule has 1 aliphatic heterocycles. The van der Waals surface area contributed by atoms with Crippen molar-refractivity contribution < 1.29 is 0 Å². The summed E-state index contributed by atoms with van der Waals surface area (Å²) < 4.78 is 0. The molecule has 0 amide bonds. The topological polar surface area (TPSA) is 0 Å². The Labute approximate surface area is 84.2 Å². The second kappa shape index (κ2) is 2.51. The van der Waals surface area contributed by atoms with Crippen LogP contribution in [0.3, 0.4) is 0 Å². The molecule has 13 heavy (non-hydrogen) atoms. The van der Waals surface area contributed by atoms with Gasteiger partial charge in [-0.05, 0) is 48.1 Å². The summed E-state index contributed by atoms with van der Waals surface area (Å²) in [6.45, 7) is 12.5.